The summed E-state index contributed by atoms with van der Waals surface area (Å²) in [6.07, 6.45) is 7.76. The average Bonchev–Trinajstić information content (AvgIpc) is 3.28. The molecule has 0 aromatic carbocycles. The van der Waals surface area contributed by atoms with Crippen molar-refractivity contribution in [1.82, 2.24) is 25.2 Å². The summed E-state index contributed by atoms with van der Waals surface area (Å²) in [6.45, 7) is 5.47. The van der Waals surface area contributed by atoms with Crippen LogP contribution in [-0.4, -0.2) is 65.2 Å². The standard InChI is InChI=1S/C19H25N7O/c27-19(26-12-10-25(11-13-26)18-21-5-3-6-22-18)23-15-16-4-7-20-17(14-16)24-8-1-2-9-24/h3-7,14H,1-2,8-13,15H2,(H,23,27). The molecule has 2 saturated heterocycles. The SMILES string of the molecule is O=C(NCc1ccnc(N2CCCC2)c1)N1CCN(c2ncccn2)CC1. The fraction of sp³-hybridized carbons (Fsp3) is 0.474. The molecular weight excluding hydrogens is 342 g/mol. The number of anilines is 2. The lowest BCUT2D eigenvalue weighted by molar-refractivity contribution is 0.193. The van der Waals surface area contributed by atoms with Gasteiger partial charge in [-0.1, -0.05) is 0 Å². The van der Waals surface area contributed by atoms with E-state index in [4.69, 9.17) is 0 Å². The van der Waals surface area contributed by atoms with Gasteiger partial charge in [0.25, 0.3) is 0 Å². The monoisotopic (exact) mass is 367 g/mol. The van der Waals surface area contributed by atoms with Crippen LogP contribution in [0.25, 0.3) is 0 Å². The first-order valence-electron chi connectivity index (χ1n) is 9.54. The van der Waals surface area contributed by atoms with Crippen LogP contribution in [0, 0.1) is 0 Å². The molecule has 2 fully saturated rings. The lowest BCUT2D eigenvalue weighted by Gasteiger charge is -2.34. The smallest absolute Gasteiger partial charge is 0.317 e. The molecule has 0 aliphatic carbocycles. The predicted octanol–water partition coefficient (Wildman–Crippen LogP) is 1.50. The van der Waals surface area contributed by atoms with Crippen molar-refractivity contribution in [1.29, 1.82) is 0 Å². The van der Waals surface area contributed by atoms with Crippen LogP contribution in [0.1, 0.15) is 18.4 Å². The number of pyridine rings is 1. The highest BCUT2D eigenvalue weighted by Crippen LogP contribution is 2.18. The number of urea groups is 1. The van der Waals surface area contributed by atoms with Gasteiger partial charge in [0.1, 0.15) is 5.82 Å². The van der Waals surface area contributed by atoms with Gasteiger partial charge in [-0.05, 0) is 36.6 Å². The van der Waals surface area contributed by atoms with E-state index in [0.717, 1.165) is 43.5 Å². The molecule has 142 valence electrons. The topological polar surface area (TPSA) is 77.5 Å². The Labute approximate surface area is 159 Å². The Morgan fingerprint density at radius 1 is 0.926 bits per heavy atom. The Morgan fingerprint density at radius 3 is 2.41 bits per heavy atom. The van der Waals surface area contributed by atoms with Crippen molar-refractivity contribution in [3.63, 3.8) is 0 Å². The van der Waals surface area contributed by atoms with Crippen molar-refractivity contribution < 1.29 is 4.79 Å². The second-order valence-corrected chi connectivity index (χ2v) is 6.90. The average molecular weight is 367 g/mol. The molecule has 2 aliphatic rings. The van der Waals surface area contributed by atoms with Gasteiger partial charge in [-0.15, -0.1) is 0 Å². The van der Waals surface area contributed by atoms with Crippen LogP contribution >= 0.6 is 0 Å². The second kappa shape index (κ2) is 8.20. The minimum atomic E-state index is -0.0248. The fourth-order valence-corrected chi connectivity index (χ4v) is 3.54. The van der Waals surface area contributed by atoms with Crippen LogP contribution in [0.4, 0.5) is 16.6 Å². The van der Waals surface area contributed by atoms with Crippen LogP contribution in [0.15, 0.2) is 36.8 Å². The summed E-state index contributed by atoms with van der Waals surface area (Å²) < 4.78 is 0. The first kappa shape index (κ1) is 17.5. The molecule has 2 aromatic rings. The number of rotatable bonds is 4. The van der Waals surface area contributed by atoms with Crippen molar-refractivity contribution in [2.24, 2.45) is 0 Å². The molecule has 0 radical (unpaired) electrons. The fourth-order valence-electron chi connectivity index (χ4n) is 3.54. The van der Waals surface area contributed by atoms with E-state index in [0.29, 0.717) is 19.6 Å². The number of carbonyl (C=O) groups excluding carboxylic acids is 1. The molecule has 2 aromatic heterocycles. The Morgan fingerprint density at radius 2 is 1.67 bits per heavy atom. The van der Waals surface area contributed by atoms with Crippen molar-refractivity contribution in [2.45, 2.75) is 19.4 Å². The minimum absolute atomic E-state index is 0.0248. The zero-order valence-corrected chi connectivity index (χ0v) is 15.4. The normalized spacial score (nSPS) is 17.3. The van der Waals surface area contributed by atoms with Crippen LogP contribution < -0.4 is 15.1 Å². The van der Waals surface area contributed by atoms with E-state index in [1.165, 1.54) is 12.8 Å². The van der Waals surface area contributed by atoms with Gasteiger partial charge in [-0.2, -0.15) is 0 Å². The van der Waals surface area contributed by atoms with Gasteiger partial charge in [0, 0.05) is 64.4 Å². The third kappa shape index (κ3) is 4.27. The summed E-state index contributed by atoms with van der Waals surface area (Å²) in [5.74, 6) is 1.74. The lowest BCUT2D eigenvalue weighted by atomic mass is 10.2. The van der Waals surface area contributed by atoms with Crippen LogP contribution in [0.2, 0.25) is 0 Å². The summed E-state index contributed by atoms with van der Waals surface area (Å²) in [4.78, 5) is 31.8. The summed E-state index contributed by atoms with van der Waals surface area (Å²) >= 11 is 0. The second-order valence-electron chi connectivity index (χ2n) is 6.90. The maximum atomic E-state index is 12.5. The van der Waals surface area contributed by atoms with Gasteiger partial charge in [-0.25, -0.2) is 19.7 Å². The number of aromatic nitrogens is 3. The number of piperazine rings is 1. The molecule has 0 saturated carbocycles. The number of nitrogens with zero attached hydrogens (tertiary/aromatic N) is 6. The van der Waals surface area contributed by atoms with Gasteiger partial charge in [0.05, 0.1) is 0 Å². The molecular formula is C19H25N7O. The van der Waals surface area contributed by atoms with Gasteiger partial charge < -0.3 is 20.0 Å². The minimum Gasteiger partial charge on any atom is -0.357 e. The largest absolute Gasteiger partial charge is 0.357 e. The highest BCUT2D eigenvalue weighted by Gasteiger charge is 2.22. The van der Waals surface area contributed by atoms with Crippen molar-refractivity contribution >= 4 is 17.8 Å². The zero-order valence-electron chi connectivity index (χ0n) is 15.4. The van der Waals surface area contributed by atoms with E-state index in [2.05, 4.69) is 36.1 Å². The first-order chi connectivity index (χ1) is 13.3. The van der Waals surface area contributed by atoms with E-state index in [9.17, 15) is 4.79 Å². The van der Waals surface area contributed by atoms with Crippen molar-refractivity contribution in [2.75, 3.05) is 49.1 Å². The van der Waals surface area contributed by atoms with Crippen molar-refractivity contribution in [3.05, 3.63) is 42.4 Å². The van der Waals surface area contributed by atoms with E-state index in [-0.39, 0.29) is 6.03 Å². The van der Waals surface area contributed by atoms with E-state index in [1.54, 1.807) is 18.5 Å². The third-order valence-corrected chi connectivity index (χ3v) is 5.09. The highest BCUT2D eigenvalue weighted by atomic mass is 16.2. The molecule has 0 atom stereocenters. The number of nitrogens with one attached hydrogen (secondary N) is 1. The molecule has 4 heterocycles. The maximum absolute atomic E-state index is 12.5. The molecule has 1 N–H and O–H groups in total. The van der Waals surface area contributed by atoms with Crippen LogP contribution in [-0.2, 0) is 6.54 Å². The lowest BCUT2D eigenvalue weighted by Crippen LogP contribution is -2.52. The summed E-state index contributed by atoms with van der Waals surface area (Å²) in [7, 11) is 0. The van der Waals surface area contributed by atoms with Crippen LogP contribution in [0.5, 0.6) is 0 Å². The van der Waals surface area contributed by atoms with E-state index < -0.39 is 0 Å². The van der Waals surface area contributed by atoms with Gasteiger partial charge >= 0.3 is 6.03 Å². The quantitative estimate of drug-likeness (QED) is 0.883. The first-order valence-corrected chi connectivity index (χ1v) is 9.54. The summed E-state index contributed by atoms with van der Waals surface area (Å²) in [5, 5.41) is 3.03. The Balaban J connectivity index is 1.27. The molecule has 8 heteroatoms. The molecule has 27 heavy (non-hydrogen) atoms. The third-order valence-electron chi connectivity index (χ3n) is 5.09. The van der Waals surface area contributed by atoms with Crippen LogP contribution in [0.3, 0.4) is 0 Å². The van der Waals surface area contributed by atoms with Gasteiger partial charge in [0.2, 0.25) is 5.95 Å². The van der Waals surface area contributed by atoms with E-state index in [1.807, 2.05) is 17.2 Å². The molecule has 8 nitrogen and oxygen atoms in total. The Hall–Kier alpha value is -2.90. The Bertz CT molecular complexity index is 756. The number of amides is 2. The van der Waals surface area contributed by atoms with E-state index >= 15 is 0 Å². The number of hydrogen-bond donors (Lipinski definition) is 1. The molecule has 4 rings (SSSR count). The summed E-state index contributed by atoms with van der Waals surface area (Å²) in [6, 6.07) is 5.82. The molecule has 0 unspecified atom stereocenters. The zero-order chi connectivity index (χ0) is 18.5. The maximum Gasteiger partial charge on any atom is 0.317 e. The number of hydrogen-bond acceptors (Lipinski definition) is 6. The highest BCUT2D eigenvalue weighted by molar-refractivity contribution is 5.74. The predicted molar refractivity (Wildman–Crippen MR) is 104 cm³/mol. The van der Waals surface area contributed by atoms with Gasteiger partial charge in [0.15, 0.2) is 0 Å². The molecule has 0 spiro atoms. The Kier molecular flexibility index (Phi) is 5.32. The molecule has 2 amide bonds. The van der Waals surface area contributed by atoms with Crippen molar-refractivity contribution in [3.8, 4) is 0 Å². The van der Waals surface area contributed by atoms with Gasteiger partial charge in [-0.3, -0.25) is 0 Å². The number of carbonyl (C=O) groups is 1. The summed E-state index contributed by atoms with van der Waals surface area (Å²) in [5.41, 5.74) is 1.08. The molecule has 2 aliphatic heterocycles. The molecule has 0 bridgehead atoms.